The fraction of sp³-hybridized carbons (Fsp3) is 0.667. The minimum atomic E-state index is 0.131. The smallest absolute Gasteiger partial charge is 0.0597 e. The third kappa shape index (κ3) is 1.67. The van der Waals surface area contributed by atoms with Gasteiger partial charge in [-0.1, -0.05) is 6.92 Å². The van der Waals surface area contributed by atoms with Crippen molar-refractivity contribution < 1.29 is 0 Å². The van der Waals surface area contributed by atoms with Crippen molar-refractivity contribution in [2.24, 2.45) is 5.73 Å². The third-order valence-electron chi connectivity index (χ3n) is 2.05. The van der Waals surface area contributed by atoms with Gasteiger partial charge in [0.1, 0.15) is 0 Å². The summed E-state index contributed by atoms with van der Waals surface area (Å²) >= 11 is 0. The van der Waals surface area contributed by atoms with Crippen LogP contribution in [0.5, 0.6) is 0 Å². The van der Waals surface area contributed by atoms with E-state index in [-0.39, 0.29) is 6.04 Å². The molecule has 1 aromatic heterocycles. The van der Waals surface area contributed by atoms with Gasteiger partial charge >= 0.3 is 0 Å². The fourth-order valence-corrected chi connectivity index (χ4v) is 1.33. The Bertz CT molecular complexity index is 252. The SMILES string of the molecule is CCC(N)c1cc(C)nn1CC. The Balaban J connectivity index is 2.96. The largest absolute Gasteiger partial charge is 0.323 e. The average Bonchev–Trinajstić information content (AvgIpc) is 2.45. The highest BCUT2D eigenvalue weighted by molar-refractivity contribution is 5.12. The van der Waals surface area contributed by atoms with Gasteiger partial charge in [0.15, 0.2) is 0 Å². The van der Waals surface area contributed by atoms with Gasteiger partial charge in [0.05, 0.1) is 11.4 Å². The van der Waals surface area contributed by atoms with E-state index in [1.54, 1.807) is 0 Å². The highest BCUT2D eigenvalue weighted by atomic mass is 15.3. The van der Waals surface area contributed by atoms with Crippen molar-refractivity contribution in [3.05, 3.63) is 17.5 Å². The molecule has 0 amide bonds. The van der Waals surface area contributed by atoms with Crippen molar-refractivity contribution in [2.75, 3.05) is 0 Å². The number of nitrogens with two attached hydrogens (primary N) is 1. The van der Waals surface area contributed by atoms with Gasteiger partial charge in [-0.3, -0.25) is 4.68 Å². The van der Waals surface area contributed by atoms with E-state index in [0.717, 1.165) is 24.4 Å². The number of aromatic nitrogens is 2. The van der Waals surface area contributed by atoms with Gasteiger partial charge in [-0.2, -0.15) is 5.10 Å². The maximum absolute atomic E-state index is 5.92. The fourth-order valence-electron chi connectivity index (χ4n) is 1.33. The molecule has 0 spiro atoms. The second kappa shape index (κ2) is 3.72. The minimum Gasteiger partial charge on any atom is -0.323 e. The Morgan fingerprint density at radius 2 is 2.25 bits per heavy atom. The summed E-state index contributed by atoms with van der Waals surface area (Å²) in [6.45, 7) is 7.07. The van der Waals surface area contributed by atoms with Crippen LogP contribution in [-0.2, 0) is 6.54 Å². The van der Waals surface area contributed by atoms with Crippen molar-refractivity contribution in [1.82, 2.24) is 9.78 Å². The summed E-state index contributed by atoms with van der Waals surface area (Å²) in [4.78, 5) is 0. The number of aryl methyl sites for hydroxylation is 2. The van der Waals surface area contributed by atoms with Gasteiger partial charge < -0.3 is 5.73 Å². The molecule has 1 rings (SSSR count). The van der Waals surface area contributed by atoms with Crippen LogP contribution in [-0.4, -0.2) is 9.78 Å². The quantitative estimate of drug-likeness (QED) is 0.743. The maximum atomic E-state index is 5.92. The van der Waals surface area contributed by atoms with Crippen LogP contribution in [0.1, 0.15) is 37.7 Å². The molecular weight excluding hydrogens is 150 g/mol. The first-order chi connectivity index (χ1) is 5.69. The molecule has 3 heteroatoms. The lowest BCUT2D eigenvalue weighted by Crippen LogP contribution is -2.14. The van der Waals surface area contributed by atoms with Crippen LogP contribution in [0.2, 0.25) is 0 Å². The molecule has 12 heavy (non-hydrogen) atoms. The highest BCUT2D eigenvalue weighted by Gasteiger charge is 2.09. The van der Waals surface area contributed by atoms with Gasteiger partial charge in [-0.05, 0) is 26.3 Å². The van der Waals surface area contributed by atoms with Crippen molar-refractivity contribution >= 4 is 0 Å². The third-order valence-corrected chi connectivity index (χ3v) is 2.05. The second-order valence-corrected chi connectivity index (χ2v) is 3.04. The summed E-state index contributed by atoms with van der Waals surface area (Å²) < 4.78 is 1.98. The summed E-state index contributed by atoms with van der Waals surface area (Å²) in [6, 6.07) is 2.20. The molecule has 68 valence electrons. The molecule has 0 aliphatic rings. The summed E-state index contributed by atoms with van der Waals surface area (Å²) in [5, 5.41) is 4.33. The molecule has 1 atom stereocenters. The van der Waals surface area contributed by atoms with E-state index in [1.807, 2.05) is 11.6 Å². The van der Waals surface area contributed by atoms with Crippen LogP contribution in [0.3, 0.4) is 0 Å². The lowest BCUT2D eigenvalue weighted by atomic mass is 10.1. The number of rotatable bonds is 3. The minimum absolute atomic E-state index is 0.131. The molecule has 1 aromatic rings. The van der Waals surface area contributed by atoms with Crippen molar-refractivity contribution in [2.45, 2.75) is 39.8 Å². The molecule has 2 N–H and O–H groups in total. The number of nitrogens with zero attached hydrogens (tertiary/aromatic N) is 2. The molecule has 0 aliphatic carbocycles. The van der Waals surface area contributed by atoms with E-state index in [0.29, 0.717) is 0 Å². The van der Waals surface area contributed by atoms with E-state index >= 15 is 0 Å². The standard InChI is InChI=1S/C9H17N3/c1-4-8(10)9-6-7(3)11-12(9)5-2/h6,8H,4-5,10H2,1-3H3. The maximum Gasteiger partial charge on any atom is 0.0597 e. The molecule has 0 aromatic carbocycles. The second-order valence-electron chi connectivity index (χ2n) is 3.04. The summed E-state index contributed by atoms with van der Waals surface area (Å²) in [5.74, 6) is 0. The normalized spacial score (nSPS) is 13.3. The van der Waals surface area contributed by atoms with Gasteiger partial charge in [0, 0.05) is 12.6 Å². The molecule has 1 heterocycles. The van der Waals surface area contributed by atoms with Crippen LogP contribution in [0, 0.1) is 6.92 Å². The van der Waals surface area contributed by atoms with Crippen LogP contribution in [0.25, 0.3) is 0 Å². The van der Waals surface area contributed by atoms with E-state index in [9.17, 15) is 0 Å². The van der Waals surface area contributed by atoms with Crippen molar-refractivity contribution in [1.29, 1.82) is 0 Å². The first kappa shape index (κ1) is 9.26. The van der Waals surface area contributed by atoms with Crippen LogP contribution >= 0.6 is 0 Å². The topological polar surface area (TPSA) is 43.8 Å². The van der Waals surface area contributed by atoms with E-state index in [2.05, 4.69) is 25.0 Å². The molecule has 3 nitrogen and oxygen atoms in total. The Kier molecular flexibility index (Phi) is 2.87. The molecular formula is C9H17N3. The van der Waals surface area contributed by atoms with Gasteiger partial charge in [-0.25, -0.2) is 0 Å². The molecule has 0 aliphatic heterocycles. The monoisotopic (exact) mass is 167 g/mol. The van der Waals surface area contributed by atoms with Gasteiger partial charge in [0.2, 0.25) is 0 Å². The van der Waals surface area contributed by atoms with E-state index in [1.165, 1.54) is 0 Å². The van der Waals surface area contributed by atoms with Gasteiger partial charge in [-0.15, -0.1) is 0 Å². The van der Waals surface area contributed by atoms with Crippen molar-refractivity contribution in [3.8, 4) is 0 Å². The molecule has 0 saturated carbocycles. The summed E-state index contributed by atoms with van der Waals surface area (Å²) in [5.41, 5.74) is 8.13. The van der Waals surface area contributed by atoms with Crippen molar-refractivity contribution in [3.63, 3.8) is 0 Å². The van der Waals surface area contributed by atoms with Crippen LogP contribution in [0.15, 0.2) is 6.07 Å². The molecule has 1 unspecified atom stereocenters. The zero-order chi connectivity index (χ0) is 9.14. The zero-order valence-electron chi connectivity index (χ0n) is 8.04. The Labute approximate surface area is 73.6 Å². The average molecular weight is 167 g/mol. The van der Waals surface area contributed by atoms with Gasteiger partial charge in [0.25, 0.3) is 0 Å². The molecule has 0 fully saturated rings. The van der Waals surface area contributed by atoms with E-state index < -0.39 is 0 Å². The zero-order valence-corrected chi connectivity index (χ0v) is 8.04. The highest BCUT2D eigenvalue weighted by Crippen LogP contribution is 2.14. The summed E-state index contributed by atoms with van der Waals surface area (Å²) in [6.07, 6.45) is 0.963. The predicted octanol–water partition coefficient (Wildman–Crippen LogP) is 1.62. The predicted molar refractivity (Wildman–Crippen MR) is 49.9 cm³/mol. The Morgan fingerprint density at radius 3 is 2.75 bits per heavy atom. The Morgan fingerprint density at radius 1 is 1.58 bits per heavy atom. The first-order valence-electron chi connectivity index (χ1n) is 4.49. The lowest BCUT2D eigenvalue weighted by molar-refractivity contribution is 0.560. The lowest BCUT2D eigenvalue weighted by Gasteiger charge is -2.09. The first-order valence-corrected chi connectivity index (χ1v) is 4.49. The Hall–Kier alpha value is -0.830. The molecule has 0 saturated heterocycles. The molecule has 0 radical (unpaired) electrons. The summed E-state index contributed by atoms with van der Waals surface area (Å²) in [7, 11) is 0. The van der Waals surface area contributed by atoms with Crippen LogP contribution in [0.4, 0.5) is 0 Å². The van der Waals surface area contributed by atoms with E-state index in [4.69, 9.17) is 5.73 Å². The number of hydrogen-bond acceptors (Lipinski definition) is 2. The molecule has 0 bridgehead atoms. The number of hydrogen-bond donors (Lipinski definition) is 1. The van der Waals surface area contributed by atoms with Crippen LogP contribution < -0.4 is 5.73 Å².